The standard InChI is InChI=1S/C44H54N4O2/c1-11-28-30(13-3)38-23-40-32(15-5)34(17-7)43(47-40)42(25-19-26(49-9)21-27(20-25)50-10)44-35(18-8)33(16-6)41(48-44)24-39-31(14-4)29(12-2)37(46-39)22-36(28)45-38/h19-24,45,47H,11-18H2,1-10H3. The fourth-order valence-electron chi connectivity index (χ4n) is 8.42. The minimum atomic E-state index is 0.751. The lowest BCUT2D eigenvalue weighted by atomic mass is 9.92. The summed E-state index contributed by atoms with van der Waals surface area (Å²) < 4.78 is 11.7. The highest BCUT2D eigenvalue weighted by Crippen LogP contribution is 2.44. The molecule has 262 valence electrons. The fourth-order valence-corrected chi connectivity index (χ4v) is 8.42. The van der Waals surface area contributed by atoms with Gasteiger partial charge in [-0.05, 0) is 132 Å². The molecule has 0 aliphatic carbocycles. The molecule has 0 spiro atoms. The van der Waals surface area contributed by atoms with Crippen LogP contribution in [0.2, 0.25) is 0 Å². The number of aryl methyl sites for hydroxylation is 4. The Kier molecular flexibility index (Phi) is 10.4. The monoisotopic (exact) mass is 670 g/mol. The summed E-state index contributed by atoms with van der Waals surface area (Å²) in [4.78, 5) is 18.8. The van der Waals surface area contributed by atoms with Gasteiger partial charge in [0.1, 0.15) is 11.5 Å². The molecule has 6 rings (SSSR count). The molecule has 4 aromatic rings. The average Bonchev–Trinajstić information content (AvgIpc) is 3.86. The Hall–Kier alpha value is -4.58. The van der Waals surface area contributed by atoms with Crippen molar-refractivity contribution in [2.75, 3.05) is 14.2 Å². The molecule has 0 fully saturated rings. The molecule has 5 heterocycles. The Bertz CT molecular complexity index is 2150. The highest BCUT2D eigenvalue weighted by atomic mass is 16.5. The van der Waals surface area contributed by atoms with E-state index in [0.717, 1.165) is 113 Å². The second-order valence-corrected chi connectivity index (χ2v) is 13.2. The van der Waals surface area contributed by atoms with Gasteiger partial charge >= 0.3 is 0 Å². The van der Waals surface area contributed by atoms with Gasteiger partial charge in [0.05, 0.1) is 42.5 Å². The summed E-state index contributed by atoms with van der Waals surface area (Å²) in [5, 5.41) is 0. The van der Waals surface area contributed by atoms with Gasteiger partial charge in [-0.3, -0.25) is 0 Å². The first kappa shape index (κ1) is 35.3. The van der Waals surface area contributed by atoms with Crippen LogP contribution >= 0.6 is 0 Å². The van der Waals surface area contributed by atoms with E-state index in [0.29, 0.717) is 0 Å². The lowest BCUT2D eigenvalue weighted by molar-refractivity contribution is 0.394. The summed E-state index contributed by atoms with van der Waals surface area (Å²) in [7, 11) is 3.43. The number of rotatable bonds is 11. The molecule has 3 aromatic heterocycles. The summed E-state index contributed by atoms with van der Waals surface area (Å²) in [6.45, 7) is 18.1. The number of aromatic amines is 2. The third kappa shape index (κ3) is 5.87. The number of nitrogens with one attached hydrogen (secondary N) is 2. The van der Waals surface area contributed by atoms with Crippen LogP contribution in [0.3, 0.4) is 0 Å². The van der Waals surface area contributed by atoms with Gasteiger partial charge < -0.3 is 19.4 Å². The number of H-pyrrole nitrogens is 2. The summed E-state index contributed by atoms with van der Waals surface area (Å²) in [5.41, 5.74) is 21.4. The van der Waals surface area contributed by atoms with Gasteiger partial charge in [-0.15, -0.1) is 0 Å². The molecule has 0 radical (unpaired) electrons. The van der Waals surface area contributed by atoms with Crippen molar-refractivity contribution in [1.82, 2.24) is 19.9 Å². The predicted octanol–water partition coefficient (Wildman–Crippen LogP) is 11.7. The molecular formula is C44H54N4O2. The minimum absolute atomic E-state index is 0.751. The number of hydrogen-bond donors (Lipinski definition) is 2. The van der Waals surface area contributed by atoms with Crippen molar-refractivity contribution < 1.29 is 9.47 Å². The van der Waals surface area contributed by atoms with E-state index in [4.69, 9.17) is 19.4 Å². The zero-order valence-electron chi connectivity index (χ0n) is 31.8. The van der Waals surface area contributed by atoms with E-state index in [1.807, 2.05) is 6.07 Å². The molecule has 50 heavy (non-hydrogen) atoms. The molecule has 0 amide bonds. The summed E-state index contributed by atoms with van der Waals surface area (Å²) in [6.07, 6.45) is 7.30. The van der Waals surface area contributed by atoms with Gasteiger partial charge in [0.25, 0.3) is 0 Å². The van der Waals surface area contributed by atoms with Gasteiger partial charge in [0.15, 0.2) is 0 Å². The molecule has 0 saturated carbocycles. The van der Waals surface area contributed by atoms with E-state index in [1.54, 1.807) is 14.2 Å². The molecular weight excluding hydrogens is 617 g/mol. The van der Waals surface area contributed by atoms with Crippen LogP contribution in [-0.4, -0.2) is 34.2 Å². The van der Waals surface area contributed by atoms with Gasteiger partial charge in [-0.2, -0.15) is 0 Å². The maximum absolute atomic E-state index is 5.83. The van der Waals surface area contributed by atoms with E-state index in [2.05, 4.69) is 95.7 Å². The van der Waals surface area contributed by atoms with Crippen LogP contribution in [0.5, 0.6) is 11.5 Å². The molecule has 0 atom stereocenters. The number of nitrogens with zero attached hydrogens (tertiary/aromatic N) is 2. The number of fused-ring (bicyclic) bond motifs is 8. The molecule has 0 unspecified atom stereocenters. The SMILES string of the molecule is CCC1=C(CC)c2cc3[nH]c(cc4[nH]c(c(CC)c4CC)c(-c4cc(OC)cc(OC)c4)c4nc(cc1n2)C(CC)=C4CC)c(CC)c3CC. The zero-order valence-corrected chi connectivity index (χ0v) is 31.8. The normalized spacial score (nSPS) is 13.1. The van der Waals surface area contributed by atoms with Crippen molar-refractivity contribution in [2.24, 2.45) is 0 Å². The number of aromatic nitrogens is 4. The second kappa shape index (κ2) is 14.7. The topological polar surface area (TPSA) is 75.8 Å². The van der Waals surface area contributed by atoms with Crippen LogP contribution < -0.4 is 9.47 Å². The van der Waals surface area contributed by atoms with E-state index in [9.17, 15) is 0 Å². The van der Waals surface area contributed by atoms with Crippen LogP contribution in [0, 0.1) is 0 Å². The molecule has 8 bridgehead atoms. The number of allylic oxidation sites excluding steroid dienone is 4. The molecule has 2 aliphatic heterocycles. The quantitative estimate of drug-likeness (QED) is 0.166. The van der Waals surface area contributed by atoms with E-state index in [1.165, 1.54) is 50.1 Å². The van der Waals surface area contributed by atoms with Crippen LogP contribution in [0.1, 0.15) is 126 Å². The van der Waals surface area contributed by atoms with E-state index >= 15 is 0 Å². The third-order valence-electron chi connectivity index (χ3n) is 10.7. The number of hydrogen-bond acceptors (Lipinski definition) is 4. The molecule has 2 N–H and O–H groups in total. The third-order valence-corrected chi connectivity index (χ3v) is 10.7. The summed E-state index contributed by atoms with van der Waals surface area (Å²) in [5.74, 6) is 1.50. The molecule has 6 nitrogen and oxygen atoms in total. The summed E-state index contributed by atoms with van der Waals surface area (Å²) in [6, 6.07) is 13.1. The van der Waals surface area contributed by atoms with E-state index in [-0.39, 0.29) is 0 Å². The van der Waals surface area contributed by atoms with Gasteiger partial charge in [0.2, 0.25) is 0 Å². The minimum Gasteiger partial charge on any atom is -0.497 e. The molecule has 1 aromatic carbocycles. The van der Waals surface area contributed by atoms with Crippen molar-refractivity contribution in [1.29, 1.82) is 0 Å². The largest absolute Gasteiger partial charge is 0.497 e. The maximum atomic E-state index is 5.83. The predicted molar refractivity (Wildman–Crippen MR) is 212 cm³/mol. The van der Waals surface area contributed by atoms with Crippen molar-refractivity contribution in [2.45, 2.75) is 107 Å². The van der Waals surface area contributed by atoms with Gasteiger partial charge in [-0.25, -0.2) is 9.97 Å². The van der Waals surface area contributed by atoms with Crippen molar-refractivity contribution in [3.8, 4) is 22.6 Å². The molecule has 2 aliphatic rings. The number of benzene rings is 1. The zero-order chi connectivity index (χ0) is 35.7. The highest BCUT2D eigenvalue weighted by molar-refractivity contribution is 6.02. The average molecular weight is 671 g/mol. The number of methoxy groups -OCH3 is 2. The van der Waals surface area contributed by atoms with Crippen molar-refractivity contribution >= 4 is 44.4 Å². The van der Waals surface area contributed by atoms with E-state index < -0.39 is 0 Å². The first-order valence-corrected chi connectivity index (χ1v) is 18.8. The Balaban J connectivity index is 1.94. The number of ether oxygens (including phenoxy) is 2. The Labute approximate surface area is 298 Å². The van der Waals surface area contributed by atoms with Crippen LogP contribution in [0.25, 0.3) is 55.5 Å². The van der Waals surface area contributed by atoms with Gasteiger partial charge in [0, 0.05) is 28.2 Å². The van der Waals surface area contributed by atoms with Crippen molar-refractivity contribution in [3.05, 3.63) is 81.4 Å². The van der Waals surface area contributed by atoms with Crippen LogP contribution in [-0.2, 0) is 25.7 Å². The smallest absolute Gasteiger partial charge is 0.123 e. The second-order valence-electron chi connectivity index (χ2n) is 13.2. The van der Waals surface area contributed by atoms with Crippen LogP contribution in [0.4, 0.5) is 0 Å². The van der Waals surface area contributed by atoms with Crippen molar-refractivity contribution in [3.63, 3.8) is 0 Å². The summed E-state index contributed by atoms with van der Waals surface area (Å²) >= 11 is 0. The Morgan fingerprint density at radius 1 is 0.460 bits per heavy atom. The first-order chi connectivity index (χ1) is 24.3. The van der Waals surface area contributed by atoms with Gasteiger partial charge in [-0.1, -0.05) is 55.4 Å². The lowest BCUT2D eigenvalue weighted by Gasteiger charge is -2.13. The molecule has 0 saturated heterocycles. The fraction of sp³-hybridized carbons (Fsp3) is 0.409. The molecule has 6 heteroatoms. The van der Waals surface area contributed by atoms with Crippen LogP contribution in [0.15, 0.2) is 36.4 Å². The Morgan fingerprint density at radius 3 is 1.44 bits per heavy atom. The Morgan fingerprint density at radius 2 is 0.920 bits per heavy atom. The highest BCUT2D eigenvalue weighted by Gasteiger charge is 2.26. The maximum Gasteiger partial charge on any atom is 0.123 e. The lowest BCUT2D eigenvalue weighted by Crippen LogP contribution is -1.95. The first-order valence-electron chi connectivity index (χ1n) is 18.8.